The van der Waals surface area contributed by atoms with Gasteiger partial charge >= 0.3 is 0 Å². The van der Waals surface area contributed by atoms with E-state index in [0.29, 0.717) is 30.2 Å². The van der Waals surface area contributed by atoms with Crippen molar-refractivity contribution in [2.45, 2.75) is 6.54 Å². The van der Waals surface area contributed by atoms with Crippen LogP contribution in [0.15, 0.2) is 71.5 Å². The fraction of sp³-hybridized carbons (Fsp3) is 0.125. The van der Waals surface area contributed by atoms with Gasteiger partial charge in [-0.05, 0) is 29.7 Å². The second-order valence-corrected chi connectivity index (χ2v) is 7.49. The van der Waals surface area contributed by atoms with Gasteiger partial charge in [-0.3, -0.25) is 4.79 Å². The largest absolute Gasteiger partial charge is 0.458 e. The van der Waals surface area contributed by atoms with Crippen molar-refractivity contribution in [3.05, 3.63) is 78.4 Å². The Morgan fingerprint density at radius 1 is 1.09 bits per heavy atom. The molecule has 4 N–H and O–H groups in total. The van der Waals surface area contributed by atoms with Gasteiger partial charge in [0, 0.05) is 41.5 Å². The number of anilines is 1. The van der Waals surface area contributed by atoms with E-state index in [4.69, 9.17) is 15.3 Å². The third-order valence-corrected chi connectivity index (χ3v) is 5.24. The molecule has 0 saturated heterocycles. The fourth-order valence-corrected chi connectivity index (χ4v) is 3.79. The summed E-state index contributed by atoms with van der Waals surface area (Å²) in [4.78, 5) is 20.3. The molecule has 8 heteroatoms. The van der Waals surface area contributed by atoms with Crippen molar-refractivity contribution in [2.24, 2.45) is 5.73 Å². The van der Waals surface area contributed by atoms with E-state index in [-0.39, 0.29) is 6.61 Å². The number of aliphatic hydroxyl groups is 1. The maximum atomic E-state index is 11.7. The van der Waals surface area contributed by atoms with Crippen LogP contribution < -0.4 is 11.1 Å². The quantitative estimate of drug-likeness (QED) is 0.366. The summed E-state index contributed by atoms with van der Waals surface area (Å²) in [5.41, 5.74) is 8.13. The number of amides is 1. The number of para-hydroxylation sites is 1. The van der Waals surface area contributed by atoms with Crippen molar-refractivity contribution >= 4 is 33.6 Å². The number of aromatic nitrogens is 3. The van der Waals surface area contributed by atoms with Gasteiger partial charge in [0.25, 0.3) is 5.91 Å². The van der Waals surface area contributed by atoms with Crippen LogP contribution in [-0.2, 0) is 6.54 Å². The lowest BCUT2D eigenvalue weighted by Crippen LogP contribution is -2.10. The van der Waals surface area contributed by atoms with Gasteiger partial charge in [-0.25, -0.2) is 9.97 Å². The number of carbonyl (C=O) groups is 1. The molecule has 5 rings (SSSR count). The van der Waals surface area contributed by atoms with Crippen LogP contribution in [-0.4, -0.2) is 38.7 Å². The number of primary amides is 1. The van der Waals surface area contributed by atoms with Crippen LogP contribution in [0.25, 0.3) is 33.0 Å². The summed E-state index contributed by atoms with van der Waals surface area (Å²) in [6.45, 7) is 0.940. The summed E-state index contributed by atoms with van der Waals surface area (Å²) in [6, 6.07) is 15.3. The van der Waals surface area contributed by atoms with Gasteiger partial charge in [-0.2, -0.15) is 0 Å². The van der Waals surface area contributed by atoms with E-state index >= 15 is 0 Å². The molecular weight excluding hydrogens is 406 g/mol. The maximum absolute atomic E-state index is 11.7. The van der Waals surface area contributed by atoms with Gasteiger partial charge in [0.1, 0.15) is 11.3 Å². The number of aliphatic hydroxyl groups excluding tert-OH is 1. The van der Waals surface area contributed by atoms with Crippen LogP contribution in [0.4, 0.5) is 5.95 Å². The SMILES string of the molecule is NC(=O)c1cccc2cc(Cn3cc4ccc(-c5ccnc(NCCO)n5)cc4c3)oc12. The van der Waals surface area contributed by atoms with Crippen molar-refractivity contribution < 1.29 is 14.3 Å². The molecule has 32 heavy (non-hydrogen) atoms. The molecule has 160 valence electrons. The van der Waals surface area contributed by atoms with Crippen molar-refractivity contribution in [3.63, 3.8) is 0 Å². The summed E-state index contributed by atoms with van der Waals surface area (Å²) in [6.07, 6.45) is 5.79. The zero-order chi connectivity index (χ0) is 22.1. The fourth-order valence-electron chi connectivity index (χ4n) is 3.79. The van der Waals surface area contributed by atoms with Gasteiger partial charge in [0.15, 0.2) is 0 Å². The minimum Gasteiger partial charge on any atom is -0.458 e. The molecule has 0 aliphatic heterocycles. The van der Waals surface area contributed by atoms with E-state index in [2.05, 4.69) is 27.5 Å². The molecule has 0 radical (unpaired) electrons. The molecule has 0 spiro atoms. The Bertz CT molecular complexity index is 1440. The first-order valence-corrected chi connectivity index (χ1v) is 10.2. The molecule has 0 unspecified atom stereocenters. The second kappa shape index (κ2) is 8.16. The van der Waals surface area contributed by atoms with Crippen molar-refractivity contribution in [1.82, 2.24) is 14.5 Å². The molecule has 3 aromatic heterocycles. The Hall–Kier alpha value is -4.17. The van der Waals surface area contributed by atoms with E-state index in [1.165, 1.54) is 0 Å². The number of furan rings is 1. The zero-order valence-corrected chi connectivity index (χ0v) is 17.2. The van der Waals surface area contributed by atoms with E-state index < -0.39 is 5.91 Å². The highest BCUT2D eigenvalue weighted by Crippen LogP contribution is 2.27. The average molecular weight is 427 g/mol. The summed E-state index contributed by atoms with van der Waals surface area (Å²) >= 11 is 0. The number of fused-ring (bicyclic) bond motifs is 2. The lowest BCUT2D eigenvalue weighted by atomic mass is 10.1. The zero-order valence-electron chi connectivity index (χ0n) is 17.2. The minimum absolute atomic E-state index is 0.0160. The van der Waals surface area contributed by atoms with Gasteiger partial charge in [-0.1, -0.05) is 24.3 Å². The second-order valence-electron chi connectivity index (χ2n) is 7.49. The summed E-state index contributed by atoms with van der Waals surface area (Å²) in [7, 11) is 0. The summed E-state index contributed by atoms with van der Waals surface area (Å²) < 4.78 is 7.98. The maximum Gasteiger partial charge on any atom is 0.252 e. The van der Waals surface area contributed by atoms with Crippen LogP contribution >= 0.6 is 0 Å². The molecule has 0 aliphatic rings. The number of carbonyl (C=O) groups excluding carboxylic acids is 1. The van der Waals surface area contributed by atoms with Crippen LogP contribution in [0.1, 0.15) is 16.1 Å². The molecular formula is C24H21N5O3. The first kappa shape index (κ1) is 19.8. The van der Waals surface area contributed by atoms with E-state index in [1.54, 1.807) is 18.3 Å². The van der Waals surface area contributed by atoms with Crippen molar-refractivity contribution in [1.29, 1.82) is 0 Å². The highest BCUT2D eigenvalue weighted by molar-refractivity contribution is 6.04. The number of rotatable bonds is 7. The first-order chi connectivity index (χ1) is 15.6. The first-order valence-electron chi connectivity index (χ1n) is 10.2. The lowest BCUT2D eigenvalue weighted by Gasteiger charge is -2.05. The predicted molar refractivity (Wildman–Crippen MR) is 122 cm³/mol. The Kier molecular flexibility index (Phi) is 5.04. The van der Waals surface area contributed by atoms with Crippen molar-refractivity contribution in [3.8, 4) is 11.3 Å². The Labute approximate surface area is 183 Å². The molecule has 1 amide bonds. The van der Waals surface area contributed by atoms with Crippen LogP contribution in [0, 0.1) is 0 Å². The number of nitrogens with two attached hydrogens (primary N) is 1. The van der Waals surface area contributed by atoms with Gasteiger partial charge in [0.2, 0.25) is 5.95 Å². The molecule has 8 nitrogen and oxygen atoms in total. The van der Waals surface area contributed by atoms with Crippen LogP contribution in [0.5, 0.6) is 0 Å². The lowest BCUT2D eigenvalue weighted by molar-refractivity contribution is 0.100. The molecule has 2 aromatic carbocycles. The topological polar surface area (TPSA) is 119 Å². The number of benzene rings is 2. The number of nitrogens with one attached hydrogen (secondary N) is 1. The molecule has 5 aromatic rings. The summed E-state index contributed by atoms with van der Waals surface area (Å²) in [5, 5.41) is 15.0. The Balaban J connectivity index is 1.43. The van der Waals surface area contributed by atoms with Gasteiger partial charge in [-0.15, -0.1) is 0 Å². The van der Waals surface area contributed by atoms with E-state index in [1.807, 2.05) is 41.1 Å². The average Bonchev–Trinajstić information content (AvgIpc) is 3.39. The monoisotopic (exact) mass is 427 g/mol. The van der Waals surface area contributed by atoms with E-state index in [9.17, 15) is 4.79 Å². The smallest absolute Gasteiger partial charge is 0.252 e. The summed E-state index contributed by atoms with van der Waals surface area (Å²) in [5.74, 6) is 0.717. The number of nitrogens with zero attached hydrogens (tertiary/aromatic N) is 3. The molecule has 0 aliphatic carbocycles. The number of hydrogen-bond donors (Lipinski definition) is 3. The normalized spacial score (nSPS) is 11.3. The standard InChI is InChI=1S/C24H21N5O3/c25-23(31)20-3-1-2-16-11-19(32-22(16)20)14-29-12-17-5-4-15(10-18(17)13-29)21-6-7-26-24(28-21)27-8-9-30/h1-7,10-13,30H,8-9,14H2,(H2,25,31)(H,26,27,28). The third kappa shape index (κ3) is 3.79. The molecule has 0 atom stereocenters. The van der Waals surface area contributed by atoms with Crippen molar-refractivity contribution in [2.75, 3.05) is 18.5 Å². The van der Waals surface area contributed by atoms with Gasteiger partial charge < -0.3 is 25.1 Å². The minimum atomic E-state index is -0.504. The molecule has 0 fully saturated rings. The van der Waals surface area contributed by atoms with Crippen LogP contribution in [0.2, 0.25) is 0 Å². The van der Waals surface area contributed by atoms with E-state index in [0.717, 1.165) is 33.2 Å². The molecule has 0 bridgehead atoms. The Morgan fingerprint density at radius 3 is 2.81 bits per heavy atom. The molecule has 0 saturated carbocycles. The highest BCUT2D eigenvalue weighted by atomic mass is 16.3. The Morgan fingerprint density at radius 2 is 1.97 bits per heavy atom. The third-order valence-electron chi connectivity index (χ3n) is 5.24. The highest BCUT2D eigenvalue weighted by Gasteiger charge is 2.13. The predicted octanol–water partition coefficient (Wildman–Crippen LogP) is 3.40. The van der Waals surface area contributed by atoms with Gasteiger partial charge in [0.05, 0.1) is 24.4 Å². The number of hydrogen-bond acceptors (Lipinski definition) is 6. The molecule has 3 heterocycles. The van der Waals surface area contributed by atoms with Crippen LogP contribution in [0.3, 0.4) is 0 Å².